The van der Waals surface area contributed by atoms with E-state index in [0.29, 0.717) is 21.7 Å². The molecule has 8 heteroatoms. The maximum Gasteiger partial charge on any atom is 0.277 e. The first-order valence-corrected chi connectivity index (χ1v) is 8.70. The van der Waals surface area contributed by atoms with Crippen molar-refractivity contribution >= 4 is 29.3 Å². The average Bonchev–Trinajstić information content (AvgIpc) is 3.08. The second-order valence-corrected chi connectivity index (χ2v) is 6.44. The van der Waals surface area contributed by atoms with Crippen molar-refractivity contribution < 1.29 is 13.6 Å². The van der Waals surface area contributed by atoms with Gasteiger partial charge in [-0.2, -0.15) is 0 Å². The van der Waals surface area contributed by atoms with Gasteiger partial charge in [0.05, 0.1) is 5.75 Å². The molecule has 2 aromatic carbocycles. The van der Waals surface area contributed by atoms with Crippen LogP contribution >= 0.6 is 23.4 Å². The minimum absolute atomic E-state index is 0.123. The molecule has 1 amide bonds. The maximum absolute atomic E-state index is 13.1. The predicted molar refractivity (Wildman–Crippen MR) is 93.7 cm³/mol. The highest BCUT2D eigenvalue weighted by Gasteiger charge is 2.11. The molecule has 0 fully saturated rings. The molecule has 25 heavy (non-hydrogen) atoms. The van der Waals surface area contributed by atoms with E-state index in [1.165, 1.54) is 12.1 Å². The van der Waals surface area contributed by atoms with Crippen LogP contribution in [0.5, 0.6) is 0 Å². The van der Waals surface area contributed by atoms with Crippen molar-refractivity contribution in [2.45, 2.75) is 11.8 Å². The fourth-order valence-corrected chi connectivity index (χ4v) is 2.72. The SMILES string of the molecule is O=C(CSc1nnc(-c2ccc(Cl)cc2)o1)NCc1cccc(F)c1. The number of benzene rings is 2. The van der Waals surface area contributed by atoms with Gasteiger partial charge >= 0.3 is 0 Å². The molecule has 128 valence electrons. The zero-order chi connectivity index (χ0) is 17.6. The van der Waals surface area contributed by atoms with E-state index >= 15 is 0 Å². The summed E-state index contributed by atoms with van der Waals surface area (Å²) in [4.78, 5) is 11.9. The molecule has 1 N–H and O–H groups in total. The van der Waals surface area contributed by atoms with E-state index in [2.05, 4.69) is 15.5 Å². The average molecular weight is 378 g/mol. The highest BCUT2D eigenvalue weighted by Crippen LogP contribution is 2.24. The van der Waals surface area contributed by atoms with Gasteiger partial charge in [0.25, 0.3) is 5.22 Å². The fraction of sp³-hybridized carbons (Fsp3) is 0.118. The highest BCUT2D eigenvalue weighted by molar-refractivity contribution is 7.99. The van der Waals surface area contributed by atoms with Crippen LogP contribution in [0.2, 0.25) is 5.02 Å². The smallest absolute Gasteiger partial charge is 0.277 e. The molecule has 0 saturated heterocycles. The predicted octanol–water partition coefficient (Wildman–Crippen LogP) is 3.94. The summed E-state index contributed by atoms with van der Waals surface area (Å²) in [5.74, 6) is -0.0565. The van der Waals surface area contributed by atoms with Gasteiger partial charge < -0.3 is 9.73 Å². The number of hydrogen-bond donors (Lipinski definition) is 1. The molecule has 0 aliphatic rings. The molecule has 0 aliphatic heterocycles. The molecular formula is C17H13ClFN3O2S. The lowest BCUT2D eigenvalue weighted by Crippen LogP contribution is -2.24. The Labute approximate surface area is 152 Å². The maximum atomic E-state index is 13.1. The van der Waals surface area contributed by atoms with Crippen molar-refractivity contribution in [3.63, 3.8) is 0 Å². The van der Waals surface area contributed by atoms with E-state index in [9.17, 15) is 9.18 Å². The summed E-state index contributed by atoms with van der Waals surface area (Å²) in [5.41, 5.74) is 1.44. The van der Waals surface area contributed by atoms with Crippen molar-refractivity contribution in [3.8, 4) is 11.5 Å². The van der Waals surface area contributed by atoms with Crippen LogP contribution in [0.25, 0.3) is 11.5 Å². The minimum Gasteiger partial charge on any atom is -0.411 e. The first-order valence-electron chi connectivity index (χ1n) is 7.33. The molecule has 0 unspecified atom stereocenters. The van der Waals surface area contributed by atoms with Gasteiger partial charge in [0.15, 0.2) is 0 Å². The molecule has 0 spiro atoms. The Morgan fingerprint density at radius 1 is 1.20 bits per heavy atom. The van der Waals surface area contributed by atoms with Crippen LogP contribution in [-0.4, -0.2) is 21.9 Å². The van der Waals surface area contributed by atoms with Gasteiger partial charge in [-0.1, -0.05) is 35.5 Å². The summed E-state index contributed by atoms with van der Waals surface area (Å²) >= 11 is 6.97. The van der Waals surface area contributed by atoms with E-state index in [4.69, 9.17) is 16.0 Å². The van der Waals surface area contributed by atoms with Crippen molar-refractivity contribution in [3.05, 3.63) is 64.9 Å². The Balaban J connectivity index is 1.50. The van der Waals surface area contributed by atoms with E-state index in [1.54, 1.807) is 36.4 Å². The Morgan fingerprint density at radius 2 is 2.00 bits per heavy atom. The van der Waals surface area contributed by atoms with E-state index < -0.39 is 0 Å². The van der Waals surface area contributed by atoms with E-state index in [0.717, 1.165) is 17.3 Å². The lowest BCUT2D eigenvalue weighted by molar-refractivity contribution is -0.118. The molecule has 0 saturated carbocycles. The quantitative estimate of drug-likeness (QED) is 0.659. The van der Waals surface area contributed by atoms with Crippen molar-refractivity contribution in [2.24, 2.45) is 0 Å². The molecular weight excluding hydrogens is 365 g/mol. The molecule has 0 bridgehead atoms. The van der Waals surface area contributed by atoms with Crippen LogP contribution in [0.3, 0.4) is 0 Å². The van der Waals surface area contributed by atoms with Crippen LogP contribution < -0.4 is 5.32 Å². The van der Waals surface area contributed by atoms with Gasteiger partial charge in [0.2, 0.25) is 11.8 Å². The lowest BCUT2D eigenvalue weighted by Gasteiger charge is -2.04. The number of carbonyl (C=O) groups is 1. The summed E-state index contributed by atoms with van der Waals surface area (Å²) < 4.78 is 18.6. The largest absolute Gasteiger partial charge is 0.411 e. The summed E-state index contributed by atoms with van der Waals surface area (Å²) in [6.45, 7) is 0.261. The van der Waals surface area contributed by atoms with Crippen LogP contribution in [-0.2, 0) is 11.3 Å². The van der Waals surface area contributed by atoms with E-state index in [-0.39, 0.29) is 24.0 Å². The summed E-state index contributed by atoms with van der Waals surface area (Å²) in [6.07, 6.45) is 0. The Bertz CT molecular complexity index is 870. The van der Waals surface area contributed by atoms with Gasteiger partial charge in [-0.05, 0) is 42.0 Å². The Hall–Kier alpha value is -2.38. The topological polar surface area (TPSA) is 68.0 Å². The van der Waals surface area contributed by atoms with E-state index in [1.807, 2.05) is 0 Å². The highest BCUT2D eigenvalue weighted by atomic mass is 35.5. The standard InChI is InChI=1S/C17H13ClFN3O2S/c18-13-6-4-12(5-7-13)16-21-22-17(24-16)25-10-15(23)20-9-11-2-1-3-14(19)8-11/h1-8H,9-10H2,(H,20,23). The summed E-state index contributed by atoms with van der Waals surface area (Å²) in [7, 11) is 0. The summed E-state index contributed by atoms with van der Waals surface area (Å²) in [6, 6.07) is 13.1. The zero-order valence-corrected chi connectivity index (χ0v) is 14.5. The molecule has 1 heterocycles. The lowest BCUT2D eigenvalue weighted by atomic mass is 10.2. The van der Waals surface area contributed by atoms with Crippen molar-refractivity contribution in [1.29, 1.82) is 0 Å². The molecule has 0 radical (unpaired) electrons. The summed E-state index contributed by atoms with van der Waals surface area (Å²) in [5, 5.41) is 11.5. The Morgan fingerprint density at radius 3 is 2.76 bits per heavy atom. The van der Waals surface area contributed by atoms with Crippen LogP contribution in [0.4, 0.5) is 4.39 Å². The first-order chi connectivity index (χ1) is 12.1. The van der Waals surface area contributed by atoms with Gasteiger partial charge in [0, 0.05) is 17.1 Å². The number of halogens is 2. The number of hydrogen-bond acceptors (Lipinski definition) is 5. The number of thioether (sulfide) groups is 1. The normalized spacial score (nSPS) is 10.6. The number of nitrogens with zero attached hydrogens (tertiary/aromatic N) is 2. The second kappa shape index (κ2) is 8.13. The van der Waals surface area contributed by atoms with Crippen molar-refractivity contribution in [1.82, 2.24) is 15.5 Å². The molecule has 3 aromatic rings. The number of nitrogens with one attached hydrogen (secondary N) is 1. The first kappa shape index (κ1) is 17.4. The number of rotatable bonds is 6. The number of carbonyl (C=O) groups excluding carboxylic acids is 1. The molecule has 0 atom stereocenters. The fourth-order valence-electron chi connectivity index (χ4n) is 2.00. The molecule has 3 rings (SSSR count). The minimum atomic E-state index is -0.332. The molecule has 0 aliphatic carbocycles. The third kappa shape index (κ3) is 5.04. The van der Waals surface area contributed by atoms with Gasteiger partial charge in [-0.25, -0.2) is 4.39 Å². The molecule has 5 nitrogen and oxygen atoms in total. The third-order valence-corrected chi connectivity index (χ3v) is 4.27. The van der Waals surface area contributed by atoms with Gasteiger partial charge in [-0.3, -0.25) is 4.79 Å². The van der Waals surface area contributed by atoms with Crippen LogP contribution in [0.15, 0.2) is 58.2 Å². The van der Waals surface area contributed by atoms with Crippen molar-refractivity contribution in [2.75, 3.05) is 5.75 Å². The Kier molecular flexibility index (Phi) is 5.67. The molecule has 1 aromatic heterocycles. The number of amides is 1. The number of aromatic nitrogens is 2. The second-order valence-electron chi connectivity index (χ2n) is 5.08. The van der Waals surface area contributed by atoms with Gasteiger partial charge in [-0.15, -0.1) is 10.2 Å². The monoisotopic (exact) mass is 377 g/mol. The van der Waals surface area contributed by atoms with Gasteiger partial charge in [0.1, 0.15) is 5.82 Å². The third-order valence-electron chi connectivity index (χ3n) is 3.20. The van der Waals surface area contributed by atoms with Crippen LogP contribution in [0.1, 0.15) is 5.56 Å². The van der Waals surface area contributed by atoms with Crippen LogP contribution in [0, 0.1) is 5.82 Å². The zero-order valence-electron chi connectivity index (χ0n) is 12.9.